The SMILES string of the molecule is O=C(Cc1ccccc1)NCc1cc(-c2ccc3c(c2)OCO3)on1. The van der Waals surface area contributed by atoms with E-state index in [1.165, 1.54) is 0 Å². The van der Waals surface area contributed by atoms with Crippen molar-refractivity contribution in [2.75, 3.05) is 6.79 Å². The Labute approximate surface area is 144 Å². The van der Waals surface area contributed by atoms with Crippen molar-refractivity contribution in [3.05, 3.63) is 65.9 Å². The number of amides is 1. The predicted molar refractivity (Wildman–Crippen MR) is 90.1 cm³/mol. The Bertz CT molecular complexity index is 889. The van der Waals surface area contributed by atoms with Crippen LogP contribution in [0.3, 0.4) is 0 Å². The third-order valence-corrected chi connectivity index (χ3v) is 3.89. The fourth-order valence-corrected chi connectivity index (χ4v) is 2.61. The number of rotatable bonds is 5. The molecular formula is C19H16N2O4. The third kappa shape index (κ3) is 3.47. The van der Waals surface area contributed by atoms with Gasteiger partial charge in [0.2, 0.25) is 12.7 Å². The lowest BCUT2D eigenvalue weighted by atomic mass is 10.1. The molecule has 0 saturated heterocycles. The Morgan fingerprint density at radius 2 is 1.88 bits per heavy atom. The lowest BCUT2D eigenvalue weighted by Gasteiger charge is -2.02. The number of aromatic nitrogens is 1. The molecule has 25 heavy (non-hydrogen) atoms. The van der Waals surface area contributed by atoms with Gasteiger partial charge in [0.25, 0.3) is 0 Å². The highest BCUT2D eigenvalue weighted by Crippen LogP contribution is 2.35. The van der Waals surface area contributed by atoms with Crippen LogP contribution in [0, 0.1) is 0 Å². The normalized spacial score (nSPS) is 12.2. The van der Waals surface area contributed by atoms with Crippen molar-refractivity contribution in [2.45, 2.75) is 13.0 Å². The second kappa shape index (κ2) is 6.68. The first-order chi connectivity index (χ1) is 12.3. The summed E-state index contributed by atoms with van der Waals surface area (Å²) < 4.78 is 16.0. The zero-order valence-corrected chi connectivity index (χ0v) is 13.4. The van der Waals surface area contributed by atoms with Crippen LogP contribution < -0.4 is 14.8 Å². The van der Waals surface area contributed by atoms with Gasteiger partial charge < -0.3 is 19.3 Å². The number of nitrogens with zero attached hydrogens (tertiary/aromatic N) is 1. The summed E-state index contributed by atoms with van der Waals surface area (Å²) in [5.41, 5.74) is 2.48. The summed E-state index contributed by atoms with van der Waals surface area (Å²) >= 11 is 0. The van der Waals surface area contributed by atoms with E-state index in [9.17, 15) is 4.79 Å². The van der Waals surface area contributed by atoms with Gasteiger partial charge in [0, 0.05) is 11.6 Å². The minimum Gasteiger partial charge on any atom is -0.454 e. The molecule has 3 aromatic rings. The monoisotopic (exact) mass is 336 g/mol. The second-order valence-corrected chi connectivity index (χ2v) is 5.69. The van der Waals surface area contributed by atoms with Crippen molar-refractivity contribution in [2.24, 2.45) is 0 Å². The van der Waals surface area contributed by atoms with Crippen LogP contribution in [0.1, 0.15) is 11.3 Å². The number of nitrogens with one attached hydrogen (secondary N) is 1. The van der Waals surface area contributed by atoms with Crippen LogP contribution in [0.2, 0.25) is 0 Å². The highest BCUT2D eigenvalue weighted by atomic mass is 16.7. The van der Waals surface area contributed by atoms with Crippen molar-refractivity contribution in [3.8, 4) is 22.8 Å². The Hall–Kier alpha value is -3.28. The molecule has 1 N–H and O–H groups in total. The number of fused-ring (bicyclic) bond motifs is 1. The van der Waals surface area contributed by atoms with E-state index in [0.29, 0.717) is 30.2 Å². The molecule has 1 aromatic heterocycles. The summed E-state index contributed by atoms with van der Waals surface area (Å²) in [6.07, 6.45) is 0.341. The van der Waals surface area contributed by atoms with Crippen molar-refractivity contribution in [1.29, 1.82) is 0 Å². The smallest absolute Gasteiger partial charge is 0.231 e. The highest BCUT2D eigenvalue weighted by molar-refractivity contribution is 5.78. The molecule has 0 unspecified atom stereocenters. The zero-order chi connectivity index (χ0) is 17.1. The molecule has 126 valence electrons. The maximum absolute atomic E-state index is 12.0. The number of benzene rings is 2. The number of carbonyl (C=O) groups is 1. The molecule has 0 fully saturated rings. The topological polar surface area (TPSA) is 73.6 Å². The molecule has 6 heteroatoms. The van der Waals surface area contributed by atoms with Gasteiger partial charge >= 0.3 is 0 Å². The number of hydrogen-bond donors (Lipinski definition) is 1. The third-order valence-electron chi connectivity index (χ3n) is 3.89. The van der Waals surface area contributed by atoms with E-state index < -0.39 is 0 Å². The Morgan fingerprint density at radius 1 is 1.04 bits per heavy atom. The lowest BCUT2D eigenvalue weighted by molar-refractivity contribution is -0.120. The quantitative estimate of drug-likeness (QED) is 0.775. The van der Waals surface area contributed by atoms with E-state index in [-0.39, 0.29) is 12.7 Å². The largest absolute Gasteiger partial charge is 0.454 e. The highest BCUT2D eigenvalue weighted by Gasteiger charge is 2.16. The van der Waals surface area contributed by atoms with Crippen LogP contribution in [-0.4, -0.2) is 17.9 Å². The van der Waals surface area contributed by atoms with Crippen LogP contribution in [0.15, 0.2) is 59.1 Å². The molecule has 2 aromatic carbocycles. The van der Waals surface area contributed by atoms with E-state index in [0.717, 1.165) is 16.9 Å². The minimum atomic E-state index is -0.0566. The van der Waals surface area contributed by atoms with E-state index in [1.807, 2.05) is 48.5 Å². The van der Waals surface area contributed by atoms with Gasteiger partial charge in [-0.15, -0.1) is 0 Å². The summed E-state index contributed by atoms with van der Waals surface area (Å²) in [7, 11) is 0. The summed E-state index contributed by atoms with van der Waals surface area (Å²) in [6.45, 7) is 0.549. The fourth-order valence-electron chi connectivity index (χ4n) is 2.61. The Balaban J connectivity index is 1.37. The summed E-state index contributed by atoms with van der Waals surface area (Å²) in [6, 6.07) is 17.0. The Kier molecular flexibility index (Phi) is 4.08. The van der Waals surface area contributed by atoms with Gasteiger partial charge in [-0.3, -0.25) is 4.79 Å². The molecular weight excluding hydrogens is 320 g/mol. The van der Waals surface area contributed by atoms with E-state index in [2.05, 4.69) is 10.5 Å². The summed E-state index contributed by atoms with van der Waals surface area (Å²) in [5.74, 6) is 1.97. The van der Waals surface area contributed by atoms with Crippen molar-refractivity contribution < 1.29 is 18.8 Å². The Morgan fingerprint density at radius 3 is 2.76 bits per heavy atom. The molecule has 4 rings (SSSR count). The predicted octanol–water partition coefficient (Wildman–Crippen LogP) is 2.93. The molecule has 1 aliphatic heterocycles. The van der Waals surface area contributed by atoms with Gasteiger partial charge in [0.1, 0.15) is 5.69 Å². The molecule has 0 radical (unpaired) electrons. The zero-order valence-electron chi connectivity index (χ0n) is 13.4. The molecule has 0 aliphatic carbocycles. The van der Waals surface area contributed by atoms with Crippen LogP contribution in [-0.2, 0) is 17.8 Å². The molecule has 1 amide bonds. The average Bonchev–Trinajstić information content (AvgIpc) is 3.29. The van der Waals surface area contributed by atoms with Crippen LogP contribution >= 0.6 is 0 Å². The van der Waals surface area contributed by atoms with E-state index >= 15 is 0 Å². The molecule has 1 aliphatic rings. The van der Waals surface area contributed by atoms with E-state index in [4.69, 9.17) is 14.0 Å². The van der Waals surface area contributed by atoms with Crippen LogP contribution in [0.5, 0.6) is 11.5 Å². The first-order valence-corrected chi connectivity index (χ1v) is 7.94. The van der Waals surface area contributed by atoms with Gasteiger partial charge in [-0.25, -0.2) is 0 Å². The average molecular weight is 336 g/mol. The van der Waals surface area contributed by atoms with Crippen molar-refractivity contribution in [1.82, 2.24) is 10.5 Å². The number of ether oxygens (including phenoxy) is 2. The van der Waals surface area contributed by atoms with Crippen molar-refractivity contribution in [3.63, 3.8) is 0 Å². The first kappa shape index (κ1) is 15.3. The number of hydrogen-bond acceptors (Lipinski definition) is 5. The maximum atomic E-state index is 12.0. The maximum Gasteiger partial charge on any atom is 0.231 e. The second-order valence-electron chi connectivity index (χ2n) is 5.69. The van der Waals surface area contributed by atoms with Gasteiger partial charge in [0.05, 0.1) is 13.0 Å². The van der Waals surface area contributed by atoms with E-state index in [1.54, 1.807) is 6.07 Å². The summed E-state index contributed by atoms with van der Waals surface area (Å²) in [4.78, 5) is 12.0. The molecule has 0 spiro atoms. The number of carbonyl (C=O) groups excluding carboxylic acids is 1. The van der Waals surface area contributed by atoms with Gasteiger partial charge in [-0.1, -0.05) is 35.5 Å². The molecule has 0 bridgehead atoms. The van der Waals surface area contributed by atoms with Crippen LogP contribution in [0.25, 0.3) is 11.3 Å². The van der Waals surface area contributed by atoms with Crippen molar-refractivity contribution >= 4 is 5.91 Å². The summed E-state index contributed by atoms with van der Waals surface area (Å²) in [5, 5.41) is 6.85. The molecule has 2 heterocycles. The van der Waals surface area contributed by atoms with Gasteiger partial charge in [-0.05, 0) is 23.8 Å². The fraction of sp³-hybridized carbons (Fsp3) is 0.158. The molecule has 6 nitrogen and oxygen atoms in total. The van der Waals surface area contributed by atoms with Gasteiger partial charge in [0.15, 0.2) is 17.3 Å². The molecule has 0 atom stereocenters. The lowest BCUT2D eigenvalue weighted by Crippen LogP contribution is -2.24. The standard InChI is InChI=1S/C19H16N2O4/c22-19(8-13-4-2-1-3-5-13)20-11-15-10-17(25-21-15)14-6-7-16-18(9-14)24-12-23-16/h1-7,9-10H,8,11-12H2,(H,20,22). The minimum absolute atomic E-state index is 0.0566. The molecule has 0 saturated carbocycles. The van der Waals surface area contributed by atoms with Gasteiger partial charge in [-0.2, -0.15) is 0 Å². The first-order valence-electron chi connectivity index (χ1n) is 7.94. The van der Waals surface area contributed by atoms with Crippen LogP contribution in [0.4, 0.5) is 0 Å².